The molecule has 5 rings (SSSR count). The Balaban J connectivity index is 0.000000179. The van der Waals surface area contributed by atoms with Gasteiger partial charge in [0.15, 0.2) is 0 Å². The Morgan fingerprint density at radius 2 is 1.46 bits per heavy atom. The Morgan fingerprint density at radius 3 is 2.03 bits per heavy atom. The Kier molecular flexibility index (Phi) is 9.04. The van der Waals surface area contributed by atoms with Gasteiger partial charge in [0.1, 0.15) is 0 Å². The number of carbonyl (C=O) groups is 2. The van der Waals surface area contributed by atoms with Crippen molar-refractivity contribution in [3.05, 3.63) is 72.6 Å². The van der Waals surface area contributed by atoms with E-state index in [0.717, 1.165) is 51.5 Å². The molecule has 5 nitrogen and oxygen atoms in total. The van der Waals surface area contributed by atoms with Crippen LogP contribution in [0, 0.1) is 7.14 Å². The summed E-state index contributed by atoms with van der Waals surface area (Å²) < 4.78 is 2.30. The maximum Gasteiger partial charge on any atom is 0.223 e. The third-order valence-corrected chi connectivity index (χ3v) is 10.1. The molecule has 0 saturated carbocycles. The topological polar surface area (TPSA) is 53.5 Å². The second-order valence-electron chi connectivity index (χ2n) is 8.33. The van der Waals surface area contributed by atoms with Crippen LogP contribution < -0.4 is 9.80 Å². The molecule has 1 aromatic heterocycles. The molecule has 0 N–H and O–H groups in total. The number of benzene rings is 2. The van der Waals surface area contributed by atoms with Crippen molar-refractivity contribution in [3.63, 3.8) is 0 Å². The van der Waals surface area contributed by atoms with Crippen molar-refractivity contribution in [3.8, 4) is 0 Å². The zero-order valence-corrected chi connectivity index (χ0v) is 25.4. The molecule has 0 spiro atoms. The van der Waals surface area contributed by atoms with Crippen molar-refractivity contribution < 1.29 is 9.59 Å². The summed E-state index contributed by atoms with van der Waals surface area (Å²) in [5.41, 5.74) is 5.92. The molecule has 3 aromatic rings. The first-order valence-electron chi connectivity index (χ1n) is 11.2. The van der Waals surface area contributed by atoms with Gasteiger partial charge in [0.2, 0.25) is 11.8 Å². The fourth-order valence-corrected chi connectivity index (χ4v) is 6.72. The van der Waals surface area contributed by atoms with Gasteiger partial charge in [0.25, 0.3) is 0 Å². The van der Waals surface area contributed by atoms with Gasteiger partial charge in [-0.1, -0.05) is 0 Å². The summed E-state index contributed by atoms with van der Waals surface area (Å²) in [6.45, 7) is 4.85. The number of nitrogens with zero attached hydrogens (tertiary/aromatic N) is 3. The number of halogens is 2. The van der Waals surface area contributed by atoms with E-state index in [4.69, 9.17) is 0 Å². The molecule has 0 unspecified atom stereocenters. The summed E-state index contributed by atoms with van der Waals surface area (Å²) in [6, 6.07) is 12.6. The van der Waals surface area contributed by atoms with Crippen molar-refractivity contribution in [2.45, 2.75) is 42.2 Å². The lowest BCUT2D eigenvalue weighted by atomic mass is 10.2. The van der Waals surface area contributed by atoms with E-state index in [2.05, 4.69) is 81.0 Å². The summed E-state index contributed by atoms with van der Waals surface area (Å²) in [6.07, 6.45) is 5.55. The molecule has 0 bridgehead atoms. The SMILES string of the molecule is CC(=O)N1CCc2cc(S)c(I)cc21.CC(=O)N1CCc2cc(SCc3ccncc3)c(I)cc21. The van der Waals surface area contributed by atoms with Gasteiger partial charge < -0.3 is 9.80 Å². The predicted octanol–water partition coefficient (Wildman–Crippen LogP) is 6.38. The lowest BCUT2D eigenvalue weighted by Crippen LogP contribution is -2.25. The molecule has 2 amide bonds. The van der Waals surface area contributed by atoms with Crippen molar-refractivity contribution in [1.29, 1.82) is 0 Å². The first-order chi connectivity index (χ1) is 16.7. The lowest BCUT2D eigenvalue weighted by Gasteiger charge is -2.16. The minimum Gasteiger partial charge on any atom is -0.312 e. The number of anilines is 2. The number of fused-ring (bicyclic) bond motifs is 2. The van der Waals surface area contributed by atoms with E-state index in [1.807, 2.05) is 52.2 Å². The quantitative estimate of drug-likeness (QED) is 0.194. The fourth-order valence-electron chi connectivity index (χ4n) is 4.19. The van der Waals surface area contributed by atoms with Gasteiger partial charge in [0, 0.05) is 73.4 Å². The largest absolute Gasteiger partial charge is 0.312 e. The highest BCUT2D eigenvalue weighted by atomic mass is 127. The average molecular weight is 729 g/mol. The standard InChI is InChI=1S/C16H15IN2OS.C10H10INOS/c1-11(20)19-7-4-13-8-16(14(17)9-15(13)19)21-10-12-2-5-18-6-3-12;1-6(13)12-3-2-7-4-10(14)8(11)5-9(7)12/h2-3,5-6,8-9H,4,7,10H2,1H3;4-5,14H,2-3H2,1H3. The fraction of sp³-hybridized carbons (Fsp3) is 0.269. The van der Waals surface area contributed by atoms with Crippen LogP contribution in [0.15, 0.2) is 58.6 Å². The Labute approximate surface area is 243 Å². The van der Waals surface area contributed by atoms with Crippen molar-refractivity contribution in [2.75, 3.05) is 22.9 Å². The number of amides is 2. The second kappa shape index (κ2) is 11.8. The van der Waals surface area contributed by atoms with Crippen LogP contribution in [0.25, 0.3) is 0 Å². The molecule has 3 heterocycles. The summed E-state index contributed by atoms with van der Waals surface area (Å²) >= 11 is 10.8. The van der Waals surface area contributed by atoms with Crippen molar-refractivity contribution in [1.82, 2.24) is 4.98 Å². The number of thioether (sulfide) groups is 1. The zero-order chi connectivity index (χ0) is 25.1. The molecule has 2 aliphatic heterocycles. The highest BCUT2D eigenvalue weighted by Crippen LogP contribution is 2.37. The molecule has 0 aliphatic carbocycles. The number of carbonyl (C=O) groups excluding carboxylic acids is 2. The van der Waals surface area contributed by atoms with Crippen molar-refractivity contribution in [2.24, 2.45) is 0 Å². The number of thiol groups is 1. The predicted molar refractivity (Wildman–Crippen MR) is 163 cm³/mol. The number of aromatic nitrogens is 1. The van der Waals surface area contributed by atoms with Crippen LogP contribution in [0.2, 0.25) is 0 Å². The van der Waals surface area contributed by atoms with Gasteiger partial charge in [-0.25, -0.2) is 0 Å². The van der Waals surface area contributed by atoms with Gasteiger partial charge in [-0.2, -0.15) is 0 Å². The molecule has 2 aromatic carbocycles. The maximum absolute atomic E-state index is 11.6. The molecule has 9 heteroatoms. The average Bonchev–Trinajstić information content (AvgIpc) is 3.42. The van der Waals surface area contributed by atoms with E-state index in [-0.39, 0.29) is 11.8 Å². The zero-order valence-electron chi connectivity index (χ0n) is 19.4. The highest BCUT2D eigenvalue weighted by Gasteiger charge is 2.24. The van der Waals surface area contributed by atoms with Crippen LogP contribution in [0.1, 0.15) is 30.5 Å². The van der Waals surface area contributed by atoms with Crippen LogP contribution in [-0.2, 0) is 28.2 Å². The highest BCUT2D eigenvalue weighted by molar-refractivity contribution is 14.1. The molecule has 35 heavy (non-hydrogen) atoms. The smallest absolute Gasteiger partial charge is 0.223 e. The third kappa shape index (κ3) is 6.34. The van der Waals surface area contributed by atoms with Gasteiger partial charge >= 0.3 is 0 Å². The molecular weight excluding hydrogens is 704 g/mol. The Hall–Kier alpha value is -1.31. The molecule has 0 fully saturated rings. The summed E-state index contributed by atoms with van der Waals surface area (Å²) in [4.78, 5) is 33.0. The number of hydrogen-bond donors (Lipinski definition) is 1. The molecule has 0 saturated heterocycles. The van der Waals surface area contributed by atoms with E-state index >= 15 is 0 Å². The maximum atomic E-state index is 11.6. The van der Waals surface area contributed by atoms with Crippen LogP contribution >= 0.6 is 69.6 Å². The minimum atomic E-state index is 0.117. The van der Waals surface area contributed by atoms with Gasteiger partial charge in [0.05, 0.1) is 0 Å². The van der Waals surface area contributed by atoms with Crippen LogP contribution in [0.5, 0.6) is 0 Å². The third-order valence-electron chi connectivity index (χ3n) is 5.98. The van der Waals surface area contributed by atoms with E-state index in [1.54, 1.807) is 13.8 Å². The lowest BCUT2D eigenvalue weighted by molar-refractivity contribution is -0.117. The van der Waals surface area contributed by atoms with E-state index in [1.165, 1.54) is 25.2 Å². The van der Waals surface area contributed by atoms with Crippen molar-refractivity contribution >= 4 is 92.8 Å². The summed E-state index contributed by atoms with van der Waals surface area (Å²) in [5, 5.41) is 0. The number of pyridine rings is 1. The Morgan fingerprint density at radius 1 is 0.914 bits per heavy atom. The molecule has 0 radical (unpaired) electrons. The van der Waals surface area contributed by atoms with E-state index in [0.29, 0.717) is 0 Å². The van der Waals surface area contributed by atoms with Gasteiger partial charge in [-0.05, 0) is 111 Å². The summed E-state index contributed by atoms with van der Waals surface area (Å²) in [7, 11) is 0. The summed E-state index contributed by atoms with van der Waals surface area (Å²) in [5.74, 6) is 1.18. The number of rotatable bonds is 3. The number of hydrogen-bond acceptors (Lipinski definition) is 5. The minimum absolute atomic E-state index is 0.117. The van der Waals surface area contributed by atoms with Gasteiger partial charge in [-0.3, -0.25) is 14.6 Å². The molecule has 0 atom stereocenters. The first-order valence-corrected chi connectivity index (χ1v) is 14.8. The van der Waals surface area contributed by atoms with Crippen LogP contribution in [0.3, 0.4) is 0 Å². The van der Waals surface area contributed by atoms with Gasteiger partial charge in [-0.15, -0.1) is 24.4 Å². The normalized spacial score (nSPS) is 13.7. The first kappa shape index (κ1) is 26.7. The molecule has 182 valence electrons. The van der Waals surface area contributed by atoms with Crippen LogP contribution in [0.4, 0.5) is 11.4 Å². The van der Waals surface area contributed by atoms with E-state index < -0.39 is 0 Å². The molecular formula is C26H25I2N3O2S2. The van der Waals surface area contributed by atoms with E-state index in [9.17, 15) is 9.59 Å². The molecule has 2 aliphatic rings. The second-order valence-corrected chi connectivity index (χ2v) is 12.2. The van der Waals surface area contributed by atoms with Crippen LogP contribution in [-0.4, -0.2) is 29.9 Å². The monoisotopic (exact) mass is 729 g/mol. The Bertz CT molecular complexity index is 1270.